The number of nitrogens with zero attached hydrogens (tertiary/aromatic N) is 3. The Morgan fingerprint density at radius 1 is 1.00 bits per heavy atom. The molecular formula is C30H32N4OS. The number of para-hydroxylation sites is 1. The maximum atomic E-state index is 5.91. The van der Waals surface area contributed by atoms with Crippen molar-refractivity contribution in [3.8, 4) is 11.4 Å². The summed E-state index contributed by atoms with van der Waals surface area (Å²) in [6.07, 6.45) is 2.84. The third-order valence-corrected chi connectivity index (χ3v) is 7.46. The molecule has 0 aliphatic carbocycles. The highest BCUT2D eigenvalue weighted by Crippen LogP contribution is 2.42. The van der Waals surface area contributed by atoms with Gasteiger partial charge < -0.3 is 19.5 Å². The van der Waals surface area contributed by atoms with Gasteiger partial charge in [-0.3, -0.25) is 4.98 Å². The number of methoxy groups -OCH3 is 1. The summed E-state index contributed by atoms with van der Waals surface area (Å²) in [5.41, 5.74) is 8.44. The number of hydrogen-bond acceptors (Lipinski definition) is 3. The van der Waals surface area contributed by atoms with E-state index in [1.54, 1.807) is 7.11 Å². The number of hydrogen-bond donors (Lipinski definition) is 1. The number of rotatable bonds is 7. The molecule has 5 nitrogen and oxygen atoms in total. The van der Waals surface area contributed by atoms with E-state index >= 15 is 0 Å². The van der Waals surface area contributed by atoms with E-state index in [0.29, 0.717) is 6.54 Å². The fourth-order valence-corrected chi connectivity index (χ4v) is 5.63. The van der Waals surface area contributed by atoms with Crippen LogP contribution in [0, 0.1) is 13.8 Å². The maximum Gasteiger partial charge on any atom is 0.170 e. The summed E-state index contributed by atoms with van der Waals surface area (Å²) >= 11 is 5.91. The van der Waals surface area contributed by atoms with E-state index in [1.807, 2.05) is 30.5 Å². The molecule has 0 amide bonds. The Balaban J connectivity index is 1.61. The van der Waals surface area contributed by atoms with Crippen LogP contribution in [0.5, 0.6) is 5.75 Å². The summed E-state index contributed by atoms with van der Waals surface area (Å²) in [6.45, 7) is 7.31. The Kier molecular flexibility index (Phi) is 6.79. The summed E-state index contributed by atoms with van der Waals surface area (Å²) in [6, 6.07) is 25.2. The van der Waals surface area contributed by atoms with E-state index in [-0.39, 0.29) is 12.1 Å². The average molecular weight is 497 g/mol. The topological polar surface area (TPSA) is 42.3 Å². The van der Waals surface area contributed by atoms with Crippen molar-refractivity contribution in [2.24, 2.45) is 0 Å². The first-order valence-electron chi connectivity index (χ1n) is 12.4. The number of ether oxygens (including phenoxy) is 1. The Morgan fingerprint density at radius 3 is 2.44 bits per heavy atom. The van der Waals surface area contributed by atoms with Crippen LogP contribution in [-0.2, 0) is 13.0 Å². The van der Waals surface area contributed by atoms with Gasteiger partial charge in [-0.2, -0.15) is 0 Å². The highest BCUT2D eigenvalue weighted by molar-refractivity contribution is 7.80. The molecule has 2 atom stereocenters. The lowest BCUT2D eigenvalue weighted by atomic mass is 9.96. The van der Waals surface area contributed by atoms with Gasteiger partial charge in [0.2, 0.25) is 0 Å². The van der Waals surface area contributed by atoms with E-state index in [4.69, 9.17) is 21.9 Å². The summed E-state index contributed by atoms with van der Waals surface area (Å²) in [4.78, 5) is 7.01. The monoisotopic (exact) mass is 496 g/mol. The first-order valence-corrected chi connectivity index (χ1v) is 12.8. The summed E-state index contributed by atoms with van der Waals surface area (Å²) < 4.78 is 7.74. The largest absolute Gasteiger partial charge is 0.497 e. The van der Waals surface area contributed by atoms with E-state index in [0.717, 1.165) is 23.0 Å². The van der Waals surface area contributed by atoms with Gasteiger partial charge >= 0.3 is 0 Å². The number of aromatic nitrogens is 2. The zero-order valence-corrected chi connectivity index (χ0v) is 22.0. The van der Waals surface area contributed by atoms with Crippen LogP contribution in [0.2, 0.25) is 0 Å². The van der Waals surface area contributed by atoms with E-state index < -0.39 is 0 Å². The van der Waals surface area contributed by atoms with Crippen molar-refractivity contribution >= 4 is 17.3 Å². The van der Waals surface area contributed by atoms with Crippen molar-refractivity contribution in [1.82, 2.24) is 19.8 Å². The minimum absolute atomic E-state index is 0.00300. The van der Waals surface area contributed by atoms with Crippen molar-refractivity contribution < 1.29 is 4.74 Å². The Morgan fingerprint density at radius 2 is 1.75 bits per heavy atom. The molecule has 1 fully saturated rings. The predicted octanol–water partition coefficient (Wildman–Crippen LogP) is 6.23. The lowest BCUT2D eigenvalue weighted by Gasteiger charge is -2.28. The first kappa shape index (κ1) is 24.1. The maximum absolute atomic E-state index is 5.91. The predicted molar refractivity (Wildman–Crippen MR) is 149 cm³/mol. The van der Waals surface area contributed by atoms with Crippen LogP contribution in [0.25, 0.3) is 5.69 Å². The van der Waals surface area contributed by atoms with Crippen LogP contribution in [0.1, 0.15) is 52.8 Å². The van der Waals surface area contributed by atoms with E-state index in [9.17, 15) is 0 Å². The minimum atomic E-state index is -0.0488. The van der Waals surface area contributed by atoms with Gasteiger partial charge in [-0.25, -0.2) is 0 Å². The quantitative estimate of drug-likeness (QED) is 0.307. The molecule has 6 heteroatoms. The molecule has 1 aliphatic heterocycles. The molecule has 0 radical (unpaired) electrons. The molecular weight excluding hydrogens is 464 g/mol. The van der Waals surface area contributed by atoms with Gasteiger partial charge in [-0.05, 0) is 85.6 Å². The van der Waals surface area contributed by atoms with Gasteiger partial charge in [0.25, 0.3) is 0 Å². The van der Waals surface area contributed by atoms with Crippen molar-refractivity contribution in [3.05, 3.63) is 113 Å². The number of pyridine rings is 1. The van der Waals surface area contributed by atoms with Crippen molar-refractivity contribution in [2.45, 2.75) is 45.8 Å². The zero-order chi connectivity index (χ0) is 25.2. The Hall–Kier alpha value is -3.64. The smallest absolute Gasteiger partial charge is 0.170 e. The van der Waals surface area contributed by atoms with Gasteiger partial charge in [0.15, 0.2) is 5.11 Å². The lowest BCUT2D eigenvalue weighted by molar-refractivity contribution is 0.310. The molecule has 1 saturated heterocycles. The van der Waals surface area contributed by atoms with Crippen LogP contribution in [0.15, 0.2) is 79.0 Å². The lowest BCUT2D eigenvalue weighted by Crippen LogP contribution is -2.29. The molecule has 0 spiro atoms. The van der Waals surface area contributed by atoms with Crippen LogP contribution in [0.3, 0.4) is 0 Å². The molecule has 0 saturated carbocycles. The van der Waals surface area contributed by atoms with Crippen LogP contribution in [0.4, 0.5) is 0 Å². The van der Waals surface area contributed by atoms with Crippen molar-refractivity contribution in [3.63, 3.8) is 0 Å². The average Bonchev–Trinajstić information content (AvgIpc) is 3.39. The summed E-state index contributed by atoms with van der Waals surface area (Å²) in [5, 5.41) is 4.33. The fraction of sp³-hybridized carbons (Fsp3) is 0.267. The standard InChI is InChI=1S/C30H32N4OS/c1-5-23-10-6-7-12-27(23)34-20(2)18-25(21(34)3)29-28(26-11-8-9-17-31-26)32-30(36)33(29)19-22-13-15-24(35-4)16-14-22/h6-18,28-29H,5,19H2,1-4H3,(H,32,36)/t28-,29+/m0/s1. The van der Waals surface area contributed by atoms with Gasteiger partial charge in [-0.1, -0.05) is 43.3 Å². The zero-order valence-electron chi connectivity index (χ0n) is 21.2. The molecule has 36 heavy (non-hydrogen) atoms. The second-order valence-corrected chi connectivity index (χ2v) is 9.63. The normalized spacial score (nSPS) is 17.3. The number of benzene rings is 2. The number of nitrogens with one attached hydrogen (secondary N) is 1. The minimum Gasteiger partial charge on any atom is -0.497 e. The summed E-state index contributed by atoms with van der Waals surface area (Å²) in [7, 11) is 1.69. The Bertz CT molecular complexity index is 1360. The van der Waals surface area contributed by atoms with Gasteiger partial charge in [0.05, 0.1) is 24.9 Å². The van der Waals surface area contributed by atoms with Gasteiger partial charge in [0, 0.05) is 29.8 Å². The van der Waals surface area contributed by atoms with E-state index in [2.05, 4.69) is 84.1 Å². The third kappa shape index (κ3) is 4.37. The Labute approximate surface area is 218 Å². The molecule has 1 N–H and O–H groups in total. The molecule has 2 aromatic heterocycles. The first-order chi connectivity index (χ1) is 17.5. The second-order valence-electron chi connectivity index (χ2n) is 9.25. The van der Waals surface area contributed by atoms with Crippen molar-refractivity contribution in [2.75, 3.05) is 7.11 Å². The molecule has 184 valence electrons. The molecule has 0 unspecified atom stereocenters. The highest BCUT2D eigenvalue weighted by atomic mass is 32.1. The fourth-order valence-electron chi connectivity index (χ4n) is 5.33. The SMILES string of the molecule is CCc1ccccc1-n1c(C)cc([C@@H]2[C@H](c3ccccn3)NC(=S)N2Cc2ccc(OC)cc2)c1C. The van der Waals surface area contributed by atoms with Crippen LogP contribution >= 0.6 is 12.2 Å². The second kappa shape index (κ2) is 10.2. The highest BCUT2D eigenvalue weighted by Gasteiger charge is 2.41. The van der Waals surface area contributed by atoms with Gasteiger partial charge in [0.1, 0.15) is 5.75 Å². The van der Waals surface area contributed by atoms with Crippen LogP contribution < -0.4 is 10.1 Å². The van der Waals surface area contributed by atoms with Crippen molar-refractivity contribution in [1.29, 1.82) is 0 Å². The number of thiocarbonyl (C=S) groups is 1. The molecule has 0 bridgehead atoms. The third-order valence-electron chi connectivity index (χ3n) is 7.11. The molecule has 3 heterocycles. The number of aryl methyl sites for hydroxylation is 2. The van der Waals surface area contributed by atoms with Crippen LogP contribution in [-0.4, -0.2) is 26.7 Å². The molecule has 2 aromatic carbocycles. The molecule has 4 aromatic rings. The van der Waals surface area contributed by atoms with E-state index in [1.165, 1.54) is 33.8 Å². The molecule has 5 rings (SSSR count). The van der Waals surface area contributed by atoms with Gasteiger partial charge in [-0.15, -0.1) is 0 Å². The summed E-state index contributed by atoms with van der Waals surface area (Å²) in [5.74, 6) is 0.849. The molecule has 1 aliphatic rings.